The van der Waals surface area contributed by atoms with E-state index in [1.807, 2.05) is 26.0 Å². The van der Waals surface area contributed by atoms with E-state index in [2.05, 4.69) is 108 Å². The summed E-state index contributed by atoms with van der Waals surface area (Å²) < 4.78 is 8.74. The normalized spacial score (nSPS) is 11.2. The molecule has 5 aromatic carbocycles. The lowest BCUT2D eigenvalue weighted by Gasteiger charge is -2.09. The van der Waals surface area contributed by atoms with Crippen LogP contribution < -0.4 is 0 Å². The van der Waals surface area contributed by atoms with Crippen molar-refractivity contribution >= 4 is 43.7 Å². The summed E-state index contributed by atoms with van der Waals surface area (Å²) in [6.07, 6.45) is 0. The third-order valence-corrected chi connectivity index (χ3v) is 6.41. The third-order valence-electron chi connectivity index (χ3n) is 6.41. The summed E-state index contributed by atoms with van der Waals surface area (Å²) in [7, 11) is 0. The fraction of sp³-hybridized carbons (Fsp3) is 0.0625. The molecule has 0 saturated carbocycles. The highest BCUT2D eigenvalue weighted by atomic mass is 16.3. The van der Waals surface area contributed by atoms with Crippen molar-refractivity contribution in [3.63, 3.8) is 0 Å². The van der Waals surface area contributed by atoms with Crippen LogP contribution in [-0.2, 0) is 0 Å². The van der Waals surface area contributed by atoms with Crippen molar-refractivity contribution in [2.75, 3.05) is 0 Å². The van der Waals surface area contributed by atoms with Crippen molar-refractivity contribution in [1.82, 2.24) is 4.57 Å². The molecule has 0 fully saturated rings. The first-order chi connectivity index (χ1) is 16.9. The zero-order valence-corrected chi connectivity index (χ0v) is 19.3. The lowest BCUT2D eigenvalue weighted by molar-refractivity contribution is 0.670. The first-order valence-corrected chi connectivity index (χ1v) is 11.9. The molecule has 0 amide bonds. The number of fused-ring (bicyclic) bond motifs is 6. The molecule has 7 rings (SSSR count). The topological polar surface area (TPSA) is 18.1 Å². The van der Waals surface area contributed by atoms with Gasteiger partial charge in [-0.1, -0.05) is 98.8 Å². The molecule has 2 aromatic heterocycles. The Morgan fingerprint density at radius 1 is 0.500 bits per heavy atom. The van der Waals surface area contributed by atoms with Crippen LogP contribution in [0.1, 0.15) is 13.8 Å². The van der Waals surface area contributed by atoms with Gasteiger partial charge in [0.1, 0.15) is 11.2 Å². The molecule has 7 aromatic rings. The minimum atomic E-state index is 0.925. The fourth-order valence-electron chi connectivity index (χ4n) is 5.06. The van der Waals surface area contributed by atoms with Gasteiger partial charge in [-0.3, -0.25) is 0 Å². The van der Waals surface area contributed by atoms with E-state index in [1.54, 1.807) is 0 Å². The van der Waals surface area contributed by atoms with Gasteiger partial charge in [0.2, 0.25) is 0 Å². The molecule has 164 valence electrons. The lowest BCUT2D eigenvalue weighted by atomic mass is 9.97. The van der Waals surface area contributed by atoms with Gasteiger partial charge >= 0.3 is 0 Å². The number of hydrogen-bond acceptors (Lipinski definition) is 1. The van der Waals surface area contributed by atoms with Crippen molar-refractivity contribution < 1.29 is 4.42 Å². The van der Waals surface area contributed by atoms with Crippen molar-refractivity contribution in [2.45, 2.75) is 13.8 Å². The van der Waals surface area contributed by atoms with Gasteiger partial charge in [-0.05, 0) is 35.9 Å². The molecule has 0 spiro atoms. The van der Waals surface area contributed by atoms with Crippen LogP contribution in [-0.4, -0.2) is 4.57 Å². The van der Waals surface area contributed by atoms with Gasteiger partial charge in [-0.2, -0.15) is 0 Å². The maximum Gasteiger partial charge on any atom is 0.143 e. The van der Waals surface area contributed by atoms with Gasteiger partial charge in [-0.15, -0.1) is 0 Å². The van der Waals surface area contributed by atoms with E-state index in [0.29, 0.717) is 0 Å². The number of benzene rings is 5. The number of rotatable bonds is 2. The van der Waals surface area contributed by atoms with E-state index in [1.165, 1.54) is 27.4 Å². The molecule has 0 bridgehead atoms. The van der Waals surface area contributed by atoms with Gasteiger partial charge in [0, 0.05) is 32.8 Å². The van der Waals surface area contributed by atoms with Crippen LogP contribution in [0.15, 0.2) is 120 Å². The SMILES string of the molecule is CC.c1ccc(-n2c3ccccc3c3c(-c4cccc5c4oc4ccccc45)cccc32)cc1. The third kappa shape index (κ3) is 2.96. The molecule has 2 nitrogen and oxygen atoms in total. The molecule has 0 unspecified atom stereocenters. The minimum absolute atomic E-state index is 0.925. The zero-order chi connectivity index (χ0) is 23.1. The Balaban J connectivity index is 0.00000106. The van der Waals surface area contributed by atoms with Gasteiger partial charge in [-0.25, -0.2) is 0 Å². The second kappa shape index (κ2) is 8.24. The van der Waals surface area contributed by atoms with Crippen LogP contribution in [0.3, 0.4) is 0 Å². The maximum absolute atomic E-state index is 6.38. The second-order valence-electron chi connectivity index (χ2n) is 8.17. The maximum atomic E-state index is 6.38. The predicted molar refractivity (Wildman–Crippen MR) is 145 cm³/mol. The van der Waals surface area contributed by atoms with Gasteiger partial charge < -0.3 is 8.98 Å². The van der Waals surface area contributed by atoms with Crippen molar-refractivity contribution in [3.8, 4) is 16.8 Å². The van der Waals surface area contributed by atoms with Crippen molar-refractivity contribution in [1.29, 1.82) is 0 Å². The smallest absolute Gasteiger partial charge is 0.143 e. The van der Waals surface area contributed by atoms with E-state index < -0.39 is 0 Å². The largest absolute Gasteiger partial charge is 0.455 e. The number of para-hydroxylation sites is 4. The Kier molecular flexibility index (Phi) is 4.92. The monoisotopic (exact) mass is 439 g/mol. The number of nitrogens with zero attached hydrogens (tertiary/aromatic N) is 1. The molecule has 2 heterocycles. The van der Waals surface area contributed by atoms with Gasteiger partial charge in [0.25, 0.3) is 0 Å². The number of aromatic nitrogens is 1. The quantitative estimate of drug-likeness (QED) is 0.262. The average Bonchev–Trinajstić information content (AvgIpc) is 3.46. The number of furan rings is 1. The van der Waals surface area contributed by atoms with Crippen LogP contribution in [0, 0.1) is 0 Å². The summed E-state index contributed by atoms with van der Waals surface area (Å²) in [5, 5.41) is 4.81. The highest BCUT2D eigenvalue weighted by molar-refractivity contribution is 6.19. The summed E-state index contributed by atoms with van der Waals surface area (Å²) in [6.45, 7) is 4.00. The Labute approximate surface area is 198 Å². The van der Waals surface area contributed by atoms with Gasteiger partial charge in [0.05, 0.1) is 11.0 Å². The molecular weight excluding hydrogens is 414 g/mol. The van der Waals surface area contributed by atoms with Crippen LogP contribution in [0.4, 0.5) is 0 Å². The van der Waals surface area contributed by atoms with Crippen molar-refractivity contribution in [2.24, 2.45) is 0 Å². The standard InChI is InChI=1S/C30H19NO.C2H6/c1-2-10-20(11-3-1)31-26-17-6-4-13-25(26)29-22(14-9-18-27(29)31)24-16-8-15-23-21-12-5-7-19-28(21)32-30(23)24;1-2/h1-19H;1-2H3. The molecule has 0 atom stereocenters. The van der Waals surface area contributed by atoms with Gasteiger partial charge in [0.15, 0.2) is 0 Å². The molecule has 0 radical (unpaired) electrons. The average molecular weight is 440 g/mol. The molecule has 0 aliphatic rings. The van der Waals surface area contributed by atoms with Crippen LogP contribution >= 0.6 is 0 Å². The molecule has 0 saturated heterocycles. The molecular formula is C32H25NO. The van der Waals surface area contributed by atoms with Crippen molar-refractivity contribution in [3.05, 3.63) is 115 Å². The Morgan fingerprint density at radius 3 is 1.97 bits per heavy atom. The highest BCUT2D eigenvalue weighted by Gasteiger charge is 2.18. The van der Waals surface area contributed by atoms with E-state index in [9.17, 15) is 0 Å². The molecule has 0 N–H and O–H groups in total. The Morgan fingerprint density at radius 2 is 1.12 bits per heavy atom. The molecule has 0 aliphatic heterocycles. The predicted octanol–water partition coefficient (Wildman–Crippen LogP) is 9.38. The first kappa shape index (κ1) is 20.3. The fourth-order valence-corrected chi connectivity index (χ4v) is 5.06. The summed E-state index contributed by atoms with van der Waals surface area (Å²) >= 11 is 0. The first-order valence-electron chi connectivity index (χ1n) is 11.9. The van der Waals surface area contributed by atoms with E-state index in [-0.39, 0.29) is 0 Å². The Bertz CT molecular complexity index is 1770. The highest BCUT2D eigenvalue weighted by Crippen LogP contribution is 2.42. The summed E-state index contributed by atoms with van der Waals surface area (Å²) in [4.78, 5) is 0. The lowest BCUT2D eigenvalue weighted by Crippen LogP contribution is -1.92. The molecule has 0 aliphatic carbocycles. The Hall–Kier alpha value is -4.30. The van der Waals surface area contributed by atoms with E-state index in [4.69, 9.17) is 4.42 Å². The van der Waals surface area contributed by atoms with E-state index >= 15 is 0 Å². The molecule has 2 heteroatoms. The van der Waals surface area contributed by atoms with Crippen LogP contribution in [0.25, 0.3) is 60.6 Å². The molecule has 34 heavy (non-hydrogen) atoms. The number of hydrogen-bond donors (Lipinski definition) is 0. The van der Waals surface area contributed by atoms with E-state index in [0.717, 1.165) is 33.2 Å². The summed E-state index contributed by atoms with van der Waals surface area (Å²) in [5.74, 6) is 0. The summed E-state index contributed by atoms with van der Waals surface area (Å²) in [5.41, 5.74) is 7.75. The second-order valence-corrected chi connectivity index (χ2v) is 8.17. The van der Waals surface area contributed by atoms with Crippen LogP contribution in [0.5, 0.6) is 0 Å². The van der Waals surface area contributed by atoms with Crippen LogP contribution in [0.2, 0.25) is 0 Å². The summed E-state index contributed by atoms with van der Waals surface area (Å²) in [6, 6.07) is 40.5. The zero-order valence-electron chi connectivity index (χ0n) is 19.3. The minimum Gasteiger partial charge on any atom is -0.455 e.